The Labute approximate surface area is 177 Å². The molecule has 154 valence electrons. The SMILES string of the molecule is O=C(Nc1ccccc1C(=O)NCCc1ccccc1)c1ccc(SC(F)F)cc1. The molecule has 3 aromatic carbocycles. The van der Waals surface area contributed by atoms with Crippen molar-refractivity contribution in [3.63, 3.8) is 0 Å². The van der Waals surface area contributed by atoms with Gasteiger partial charge in [-0.15, -0.1) is 0 Å². The van der Waals surface area contributed by atoms with Crippen molar-refractivity contribution in [2.75, 3.05) is 11.9 Å². The molecular formula is C23H20F2N2O2S. The third-order valence-corrected chi connectivity index (χ3v) is 5.03. The highest BCUT2D eigenvalue weighted by atomic mass is 32.2. The van der Waals surface area contributed by atoms with Crippen molar-refractivity contribution >= 4 is 29.3 Å². The third-order valence-electron chi connectivity index (χ3n) is 4.30. The summed E-state index contributed by atoms with van der Waals surface area (Å²) < 4.78 is 24.8. The lowest BCUT2D eigenvalue weighted by Gasteiger charge is -2.12. The zero-order valence-electron chi connectivity index (χ0n) is 16.0. The number of carbonyl (C=O) groups is 2. The Hall–Kier alpha value is -3.19. The molecule has 7 heteroatoms. The number of anilines is 1. The van der Waals surface area contributed by atoms with Gasteiger partial charge in [-0.1, -0.05) is 54.2 Å². The lowest BCUT2D eigenvalue weighted by molar-refractivity contribution is 0.0955. The minimum Gasteiger partial charge on any atom is -0.352 e. The molecule has 2 N–H and O–H groups in total. The van der Waals surface area contributed by atoms with Crippen LogP contribution in [0.3, 0.4) is 0 Å². The largest absolute Gasteiger partial charge is 0.352 e. The van der Waals surface area contributed by atoms with Crippen LogP contribution in [-0.2, 0) is 6.42 Å². The molecule has 0 saturated carbocycles. The maximum Gasteiger partial charge on any atom is 0.288 e. The molecule has 0 saturated heterocycles. The van der Waals surface area contributed by atoms with Gasteiger partial charge in [0.05, 0.1) is 11.3 Å². The number of benzene rings is 3. The van der Waals surface area contributed by atoms with Gasteiger partial charge in [-0.25, -0.2) is 0 Å². The first kappa shape index (κ1) is 21.5. The maximum absolute atomic E-state index is 12.6. The number of alkyl halides is 2. The van der Waals surface area contributed by atoms with Crippen molar-refractivity contribution in [1.82, 2.24) is 5.32 Å². The molecule has 3 rings (SSSR count). The van der Waals surface area contributed by atoms with E-state index in [0.29, 0.717) is 46.4 Å². The number of para-hydroxylation sites is 1. The number of halogens is 2. The van der Waals surface area contributed by atoms with E-state index < -0.39 is 11.7 Å². The van der Waals surface area contributed by atoms with Gasteiger partial charge < -0.3 is 10.6 Å². The molecule has 0 aliphatic rings. The highest BCUT2D eigenvalue weighted by Gasteiger charge is 2.14. The highest BCUT2D eigenvalue weighted by molar-refractivity contribution is 7.99. The Bertz CT molecular complexity index is 996. The Balaban J connectivity index is 1.62. The summed E-state index contributed by atoms with van der Waals surface area (Å²) in [5, 5.41) is 5.58. The molecule has 0 fully saturated rings. The van der Waals surface area contributed by atoms with Crippen LogP contribution in [0, 0.1) is 0 Å². The monoisotopic (exact) mass is 426 g/mol. The van der Waals surface area contributed by atoms with E-state index in [1.54, 1.807) is 24.3 Å². The van der Waals surface area contributed by atoms with Crippen LogP contribution in [-0.4, -0.2) is 24.1 Å². The Morgan fingerprint density at radius 2 is 1.50 bits per heavy atom. The number of carbonyl (C=O) groups excluding carboxylic acids is 2. The fourth-order valence-corrected chi connectivity index (χ4v) is 3.33. The van der Waals surface area contributed by atoms with Crippen LogP contribution >= 0.6 is 11.8 Å². The highest BCUT2D eigenvalue weighted by Crippen LogP contribution is 2.25. The molecule has 0 unspecified atom stereocenters. The molecule has 0 aromatic heterocycles. The molecule has 3 aromatic rings. The molecule has 0 bridgehead atoms. The number of amides is 2. The van der Waals surface area contributed by atoms with E-state index in [4.69, 9.17) is 0 Å². The van der Waals surface area contributed by atoms with Crippen LogP contribution in [0.1, 0.15) is 26.3 Å². The van der Waals surface area contributed by atoms with E-state index in [1.807, 2.05) is 30.3 Å². The second kappa shape index (κ2) is 10.5. The molecule has 0 aliphatic carbocycles. The molecule has 30 heavy (non-hydrogen) atoms. The Morgan fingerprint density at radius 1 is 0.833 bits per heavy atom. The summed E-state index contributed by atoms with van der Waals surface area (Å²) in [5.41, 5.74) is 2.16. The molecule has 0 aliphatic heterocycles. The van der Waals surface area contributed by atoms with Gasteiger partial charge in [-0.2, -0.15) is 8.78 Å². The van der Waals surface area contributed by atoms with E-state index in [0.717, 1.165) is 5.56 Å². The Morgan fingerprint density at radius 3 is 2.20 bits per heavy atom. The quantitative estimate of drug-likeness (QED) is 0.485. The van der Waals surface area contributed by atoms with Crippen LogP contribution in [0.2, 0.25) is 0 Å². The minimum atomic E-state index is -2.52. The van der Waals surface area contributed by atoms with Crippen LogP contribution in [0.4, 0.5) is 14.5 Å². The maximum atomic E-state index is 12.6. The normalized spacial score (nSPS) is 10.6. The van der Waals surface area contributed by atoms with Gasteiger partial charge >= 0.3 is 0 Å². The fraction of sp³-hybridized carbons (Fsp3) is 0.130. The predicted octanol–water partition coefficient (Wildman–Crippen LogP) is 5.23. The summed E-state index contributed by atoms with van der Waals surface area (Å²) in [4.78, 5) is 25.5. The molecule has 0 heterocycles. The summed E-state index contributed by atoms with van der Waals surface area (Å²) in [7, 11) is 0. The molecule has 2 amide bonds. The van der Waals surface area contributed by atoms with Gasteiger partial charge in [-0.3, -0.25) is 9.59 Å². The van der Waals surface area contributed by atoms with Crippen molar-refractivity contribution in [3.05, 3.63) is 95.6 Å². The first-order valence-electron chi connectivity index (χ1n) is 9.30. The first-order chi connectivity index (χ1) is 14.5. The van der Waals surface area contributed by atoms with E-state index in [1.165, 1.54) is 24.3 Å². The van der Waals surface area contributed by atoms with Crippen molar-refractivity contribution in [2.45, 2.75) is 17.1 Å². The van der Waals surface area contributed by atoms with Crippen molar-refractivity contribution in [1.29, 1.82) is 0 Å². The van der Waals surface area contributed by atoms with Gasteiger partial charge in [0.25, 0.3) is 17.6 Å². The molecule has 0 atom stereocenters. The first-order valence-corrected chi connectivity index (χ1v) is 10.2. The predicted molar refractivity (Wildman–Crippen MR) is 115 cm³/mol. The number of rotatable bonds is 8. The second-order valence-corrected chi connectivity index (χ2v) is 7.46. The number of thioether (sulfide) groups is 1. The second-order valence-electron chi connectivity index (χ2n) is 6.39. The number of nitrogens with one attached hydrogen (secondary N) is 2. The van der Waals surface area contributed by atoms with Crippen molar-refractivity contribution in [2.24, 2.45) is 0 Å². The van der Waals surface area contributed by atoms with Crippen LogP contribution < -0.4 is 10.6 Å². The lowest BCUT2D eigenvalue weighted by atomic mass is 10.1. The van der Waals surface area contributed by atoms with Gasteiger partial charge in [0, 0.05) is 17.0 Å². The van der Waals surface area contributed by atoms with Crippen molar-refractivity contribution < 1.29 is 18.4 Å². The van der Waals surface area contributed by atoms with Crippen LogP contribution in [0.5, 0.6) is 0 Å². The average Bonchev–Trinajstić information content (AvgIpc) is 2.75. The van der Waals surface area contributed by atoms with E-state index in [2.05, 4.69) is 10.6 Å². The van der Waals surface area contributed by atoms with Crippen LogP contribution in [0.15, 0.2) is 83.8 Å². The number of hydrogen-bond donors (Lipinski definition) is 2. The molecule has 0 radical (unpaired) electrons. The van der Waals surface area contributed by atoms with E-state index >= 15 is 0 Å². The molecular weight excluding hydrogens is 406 g/mol. The van der Waals surface area contributed by atoms with Gasteiger partial charge in [0.15, 0.2) is 0 Å². The van der Waals surface area contributed by atoms with Gasteiger partial charge in [-0.05, 0) is 48.4 Å². The zero-order chi connectivity index (χ0) is 21.3. The van der Waals surface area contributed by atoms with Crippen LogP contribution in [0.25, 0.3) is 0 Å². The summed E-state index contributed by atoms with van der Waals surface area (Å²) in [6.07, 6.45) is 0.698. The third kappa shape index (κ3) is 6.15. The van der Waals surface area contributed by atoms with E-state index in [-0.39, 0.29) is 5.91 Å². The lowest BCUT2D eigenvalue weighted by Crippen LogP contribution is -2.27. The van der Waals surface area contributed by atoms with E-state index in [9.17, 15) is 18.4 Å². The van der Waals surface area contributed by atoms with Crippen molar-refractivity contribution in [3.8, 4) is 0 Å². The topological polar surface area (TPSA) is 58.2 Å². The Kier molecular flexibility index (Phi) is 7.57. The minimum absolute atomic E-state index is 0.287. The summed E-state index contributed by atoms with van der Waals surface area (Å²) >= 11 is 0.417. The molecule has 0 spiro atoms. The summed E-state index contributed by atoms with van der Waals surface area (Å²) in [6, 6.07) is 22.4. The number of hydrogen-bond acceptors (Lipinski definition) is 3. The van der Waals surface area contributed by atoms with Gasteiger partial charge in [0.1, 0.15) is 0 Å². The standard InChI is InChI=1S/C23H20F2N2O2S/c24-23(25)30-18-12-10-17(11-13-18)21(28)27-20-9-5-4-8-19(20)22(29)26-15-14-16-6-2-1-3-7-16/h1-13,23H,14-15H2,(H,26,29)(H,27,28). The summed E-state index contributed by atoms with van der Waals surface area (Å²) in [5.74, 6) is -3.23. The molecule has 4 nitrogen and oxygen atoms in total. The zero-order valence-corrected chi connectivity index (χ0v) is 16.8. The van der Waals surface area contributed by atoms with Gasteiger partial charge in [0.2, 0.25) is 0 Å². The average molecular weight is 426 g/mol. The fourth-order valence-electron chi connectivity index (χ4n) is 2.83. The summed E-state index contributed by atoms with van der Waals surface area (Å²) in [6.45, 7) is 0.467. The smallest absolute Gasteiger partial charge is 0.288 e.